The van der Waals surface area contributed by atoms with Crippen LogP contribution in [0.5, 0.6) is 0 Å². The Morgan fingerprint density at radius 2 is 1.65 bits per heavy atom. The molecule has 1 aliphatic rings. The highest BCUT2D eigenvalue weighted by molar-refractivity contribution is 5.16. The molecule has 1 heterocycles. The van der Waals surface area contributed by atoms with Gasteiger partial charge in [0.1, 0.15) is 0 Å². The predicted molar refractivity (Wildman–Crippen MR) is 62.2 cm³/mol. The lowest BCUT2D eigenvalue weighted by Crippen LogP contribution is -2.35. The molecule has 0 bridgehead atoms. The van der Waals surface area contributed by atoms with Crippen LogP contribution >= 0.6 is 0 Å². The van der Waals surface area contributed by atoms with Crippen LogP contribution in [0.4, 0.5) is 0 Å². The van der Waals surface area contributed by atoms with Gasteiger partial charge in [0.15, 0.2) is 6.29 Å². The van der Waals surface area contributed by atoms with E-state index < -0.39 is 0 Å². The van der Waals surface area contributed by atoms with Crippen LogP contribution in [0.1, 0.15) is 11.9 Å². The third kappa shape index (κ3) is 3.04. The van der Waals surface area contributed by atoms with Gasteiger partial charge in [0.25, 0.3) is 0 Å². The first kappa shape index (κ1) is 12.5. The van der Waals surface area contributed by atoms with Crippen molar-refractivity contribution in [2.75, 3.05) is 26.4 Å². The lowest BCUT2D eigenvalue weighted by molar-refractivity contribution is -0.216. The third-order valence-corrected chi connectivity index (χ3v) is 3.13. The van der Waals surface area contributed by atoms with E-state index in [1.54, 1.807) is 0 Å². The number of hydrogen-bond acceptors (Lipinski definition) is 4. The summed E-state index contributed by atoms with van der Waals surface area (Å²) in [6.45, 7) is 0.935. The van der Waals surface area contributed by atoms with Gasteiger partial charge in [-0.1, -0.05) is 30.3 Å². The molecule has 1 aromatic rings. The zero-order valence-electron chi connectivity index (χ0n) is 9.66. The number of hydrogen-bond donors (Lipinski definition) is 2. The summed E-state index contributed by atoms with van der Waals surface area (Å²) in [6.07, 6.45) is -0.328. The van der Waals surface area contributed by atoms with Crippen molar-refractivity contribution >= 4 is 0 Å². The molecule has 0 spiro atoms. The van der Waals surface area contributed by atoms with Crippen LogP contribution < -0.4 is 0 Å². The van der Waals surface area contributed by atoms with Crippen LogP contribution in [0.3, 0.4) is 0 Å². The van der Waals surface area contributed by atoms with Gasteiger partial charge in [0, 0.05) is 30.6 Å². The van der Waals surface area contributed by atoms with E-state index in [4.69, 9.17) is 19.7 Å². The molecule has 1 saturated heterocycles. The Bertz CT molecular complexity index is 315. The molecule has 0 atom stereocenters. The fraction of sp³-hybridized carbons (Fsp3) is 0.538. The maximum absolute atomic E-state index is 9.09. The van der Waals surface area contributed by atoms with E-state index in [0.29, 0.717) is 13.2 Å². The number of rotatable bonds is 4. The van der Waals surface area contributed by atoms with Gasteiger partial charge < -0.3 is 19.7 Å². The van der Waals surface area contributed by atoms with Crippen molar-refractivity contribution in [1.82, 2.24) is 0 Å². The van der Waals surface area contributed by atoms with E-state index in [9.17, 15) is 0 Å². The van der Waals surface area contributed by atoms with Crippen LogP contribution in [0, 0.1) is 11.8 Å². The third-order valence-electron chi connectivity index (χ3n) is 3.13. The summed E-state index contributed by atoms with van der Waals surface area (Å²) in [5.41, 5.74) is 0.996. The molecule has 0 saturated carbocycles. The molecular formula is C13H18O4. The highest BCUT2D eigenvalue weighted by Gasteiger charge is 2.28. The van der Waals surface area contributed by atoms with E-state index in [1.807, 2.05) is 30.3 Å². The summed E-state index contributed by atoms with van der Waals surface area (Å²) in [4.78, 5) is 0. The SMILES string of the molecule is OCC(CO)C1COC(c2ccccc2)OC1. The summed E-state index contributed by atoms with van der Waals surface area (Å²) in [5, 5.41) is 18.2. The first-order valence-electron chi connectivity index (χ1n) is 5.85. The van der Waals surface area contributed by atoms with E-state index in [2.05, 4.69) is 0 Å². The van der Waals surface area contributed by atoms with E-state index in [1.165, 1.54) is 0 Å². The normalized spacial score (nSPS) is 25.1. The molecule has 0 aromatic heterocycles. The molecule has 4 heteroatoms. The molecule has 1 aliphatic heterocycles. The van der Waals surface area contributed by atoms with E-state index in [-0.39, 0.29) is 31.3 Å². The fourth-order valence-electron chi connectivity index (χ4n) is 1.95. The molecule has 0 unspecified atom stereocenters. The molecule has 94 valence electrons. The van der Waals surface area contributed by atoms with Gasteiger partial charge in [-0.15, -0.1) is 0 Å². The maximum atomic E-state index is 9.09. The first-order valence-corrected chi connectivity index (χ1v) is 5.85. The maximum Gasteiger partial charge on any atom is 0.183 e. The molecular weight excluding hydrogens is 220 g/mol. The Morgan fingerprint density at radius 1 is 1.06 bits per heavy atom. The second-order valence-electron chi connectivity index (χ2n) is 4.29. The molecule has 1 aromatic carbocycles. The second-order valence-corrected chi connectivity index (χ2v) is 4.29. The summed E-state index contributed by atoms with van der Waals surface area (Å²) in [7, 11) is 0. The Kier molecular flexibility index (Phi) is 4.50. The zero-order chi connectivity index (χ0) is 12.1. The van der Waals surface area contributed by atoms with Crippen LogP contribution in [0.15, 0.2) is 30.3 Å². The van der Waals surface area contributed by atoms with Crippen molar-refractivity contribution in [3.8, 4) is 0 Å². The molecule has 4 nitrogen and oxygen atoms in total. The van der Waals surface area contributed by atoms with Crippen molar-refractivity contribution in [2.45, 2.75) is 6.29 Å². The molecule has 2 N–H and O–H groups in total. The lowest BCUT2D eigenvalue weighted by atomic mass is 9.94. The van der Waals surface area contributed by atoms with Crippen molar-refractivity contribution in [1.29, 1.82) is 0 Å². The lowest BCUT2D eigenvalue weighted by Gasteiger charge is -2.32. The highest BCUT2D eigenvalue weighted by Crippen LogP contribution is 2.27. The predicted octanol–water partition coefficient (Wildman–Crippen LogP) is 0.949. The first-order chi connectivity index (χ1) is 8.35. The topological polar surface area (TPSA) is 58.9 Å². The Labute approximate surface area is 101 Å². The summed E-state index contributed by atoms with van der Waals surface area (Å²) < 4.78 is 11.2. The zero-order valence-corrected chi connectivity index (χ0v) is 9.66. The van der Waals surface area contributed by atoms with Gasteiger partial charge in [-0.3, -0.25) is 0 Å². The molecule has 2 rings (SSSR count). The Balaban J connectivity index is 1.90. The fourth-order valence-corrected chi connectivity index (χ4v) is 1.95. The van der Waals surface area contributed by atoms with E-state index >= 15 is 0 Å². The van der Waals surface area contributed by atoms with Crippen LogP contribution in [-0.2, 0) is 9.47 Å². The van der Waals surface area contributed by atoms with Gasteiger partial charge in [0.2, 0.25) is 0 Å². The summed E-state index contributed by atoms with van der Waals surface area (Å²) in [6, 6.07) is 9.75. The minimum atomic E-state index is -0.328. The van der Waals surface area contributed by atoms with Crippen molar-refractivity contribution in [2.24, 2.45) is 11.8 Å². The second kappa shape index (κ2) is 6.12. The monoisotopic (exact) mass is 238 g/mol. The quantitative estimate of drug-likeness (QED) is 0.820. The molecule has 0 amide bonds. The van der Waals surface area contributed by atoms with Crippen molar-refractivity contribution in [3.05, 3.63) is 35.9 Å². The minimum absolute atomic E-state index is 0.0378. The summed E-state index contributed by atoms with van der Waals surface area (Å²) >= 11 is 0. The Hall–Kier alpha value is -0.940. The van der Waals surface area contributed by atoms with Gasteiger partial charge in [0.05, 0.1) is 13.2 Å². The largest absolute Gasteiger partial charge is 0.396 e. The average molecular weight is 238 g/mol. The highest BCUT2D eigenvalue weighted by atomic mass is 16.7. The standard InChI is InChI=1S/C13H18O4/c14-6-11(7-15)12-8-16-13(17-9-12)10-4-2-1-3-5-10/h1-5,11-15H,6-9H2. The van der Waals surface area contributed by atoms with Gasteiger partial charge in [-0.25, -0.2) is 0 Å². The number of benzene rings is 1. The van der Waals surface area contributed by atoms with Crippen molar-refractivity contribution in [3.63, 3.8) is 0 Å². The molecule has 0 aliphatic carbocycles. The van der Waals surface area contributed by atoms with Crippen LogP contribution in [-0.4, -0.2) is 36.6 Å². The smallest absolute Gasteiger partial charge is 0.183 e. The van der Waals surface area contributed by atoms with Crippen molar-refractivity contribution < 1.29 is 19.7 Å². The van der Waals surface area contributed by atoms with Crippen LogP contribution in [0.2, 0.25) is 0 Å². The minimum Gasteiger partial charge on any atom is -0.396 e. The van der Waals surface area contributed by atoms with Gasteiger partial charge in [-0.05, 0) is 0 Å². The molecule has 0 radical (unpaired) electrons. The van der Waals surface area contributed by atoms with Gasteiger partial charge in [-0.2, -0.15) is 0 Å². The van der Waals surface area contributed by atoms with Crippen LogP contribution in [0.25, 0.3) is 0 Å². The van der Waals surface area contributed by atoms with Gasteiger partial charge >= 0.3 is 0 Å². The average Bonchev–Trinajstić information content (AvgIpc) is 2.42. The number of aliphatic hydroxyl groups is 2. The molecule has 17 heavy (non-hydrogen) atoms. The van der Waals surface area contributed by atoms with E-state index in [0.717, 1.165) is 5.56 Å². The number of ether oxygens (including phenoxy) is 2. The summed E-state index contributed by atoms with van der Waals surface area (Å²) in [5.74, 6) is -0.100. The Morgan fingerprint density at radius 3 is 2.18 bits per heavy atom. The molecule has 1 fully saturated rings. The number of aliphatic hydroxyl groups excluding tert-OH is 2.